The average Bonchev–Trinajstić information content (AvgIpc) is 2.56. The van der Waals surface area contributed by atoms with Crippen LogP contribution in [0.2, 0.25) is 0 Å². The van der Waals surface area contributed by atoms with Crippen LogP contribution in [0.15, 0.2) is 60.7 Å². The van der Waals surface area contributed by atoms with Crippen LogP contribution in [0.5, 0.6) is 0 Å². The van der Waals surface area contributed by atoms with Crippen molar-refractivity contribution in [3.63, 3.8) is 0 Å². The van der Waals surface area contributed by atoms with E-state index in [1.54, 1.807) is 0 Å². The normalized spacial score (nSPS) is 8.18. The van der Waals surface area contributed by atoms with Crippen molar-refractivity contribution in [3.05, 3.63) is 71.8 Å². The first kappa shape index (κ1) is 28.6. The van der Waals surface area contributed by atoms with Crippen LogP contribution in [-0.2, 0) is 0 Å². The predicted molar refractivity (Wildman–Crippen MR) is 109 cm³/mol. The van der Waals surface area contributed by atoms with Crippen molar-refractivity contribution in [1.82, 2.24) is 0 Å². The van der Waals surface area contributed by atoms with Gasteiger partial charge in [-0.15, -0.1) is 0 Å². The second-order valence-corrected chi connectivity index (χ2v) is 4.02. The zero-order valence-corrected chi connectivity index (χ0v) is 16.9. The molecule has 0 unspecified atom stereocenters. The summed E-state index contributed by atoms with van der Waals surface area (Å²) in [7, 11) is 0. The van der Waals surface area contributed by atoms with E-state index in [0.29, 0.717) is 0 Å². The van der Waals surface area contributed by atoms with Crippen molar-refractivity contribution in [2.24, 2.45) is 0 Å². The van der Waals surface area contributed by atoms with Gasteiger partial charge in [0, 0.05) is 0 Å². The van der Waals surface area contributed by atoms with Crippen molar-refractivity contribution in [2.45, 2.75) is 69.2 Å². The molecule has 0 atom stereocenters. The lowest BCUT2D eigenvalue weighted by Gasteiger charge is -1.93. The minimum absolute atomic E-state index is 1.07. The highest BCUT2D eigenvalue weighted by Crippen LogP contribution is 2.02. The summed E-state index contributed by atoms with van der Waals surface area (Å²) >= 11 is 0. The van der Waals surface area contributed by atoms with Crippen molar-refractivity contribution < 1.29 is 0 Å². The SMILES string of the molecule is C=C/C(C)=C\C(=C)C.CC.CC.CC.Cc1ccccc1C. The van der Waals surface area contributed by atoms with E-state index in [1.165, 1.54) is 11.1 Å². The fourth-order valence-corrected chi connectivity index (χ4v) is 1.11. The number of hydrogen-bond acceptors (Lipinski definition) is 0. The zero-order valence-electron chi connectivity index (χ0n) is 16.9. The molecule has 0 aromatic heterocycles. The molecule has 1 rings (SSSR count). The first-order chi connectivity index (χ1) is 10.5. The van der Waals surface area contributed by atoms with Crippen LogP contribution in [0.25, 0.3) is 0 Å². The van der Waals surface area contributed by atoms with Gasteiger partial charge in [-0.3, -0.25) is 0 Å². The maximum Gasteiger partial charge on any atom is -0.0395 e. The predicted octanol–water partition coefficient (Wildman–Crippen LogP) is 8.08. The molecule has 0 amide bonds. The molecule has 0 aliphatic heterocycles. The van der Waals surface area contributed by atoms with Gasteiger partial charge in [-0.1, -0.05) is 102 Å². The molecule has 1 aromatic rings. The van der Waals surface area contributed by atoms with Crippen molar-refractivity contribution in [2.75, 3.05) is 0 Å². The molecule has 0 saturated carbocycles. The molecule has 0 heterocycles. The summed E-state index contributed by atoms with van der Waals surface area (Å²) in [6.07, 6.45) is 3.81. The Morgan fingerprint density at radius 1 is 0.818 bits per heavy atom. The molecule has 128 valence electrons. The standard InChI is InChI=1S/C8H10.C8H12.3C2H6/c1-7-5-3-4-6-8(7)2;1-5-8(4)6-7(2)3;3*1-2/h3-6H,1-2H3;5-6H,1-2H2,3-4H3;3*1-2H3/b;8-6-;;;. The molecule has 0 bridgehead atoms. The van der Waals surface area contributed by atoms with E-state index in [0.717, 1.165) is 11.1 Å². The van der Waals surface area contributed by atoms with E-state index in [2.05, 4.69) is 51.3 Å². The summed E-state index contributed by atoms with van der Waals surface area (Å²) in [5, 5.41) is 0. The van der Waals surface area contributed by atoms with Gasteiger partial charge < -0.3 is 0 Å². The van der Waals surface area contributed by atoms with Gasteiger partial charge >= 0.3 is 0 Å². The molecule has 0 heteroatoms. The summed E-state index contributed by atoms with van der Waals surface area (Å²) in [6, 6.07) is 8.36. The monoisotopic (exact) mass is 304 g/mol. The molecule has 0 aliphatic rings. The molecule has 0 N–H and O–H groups in total. The van der Waals surface area contributed by atoms with Crippen molar-refractivity contribution in [1.29, 1.82) is 0 Å². The van der Waals surface area contributed by atoms with Gasteiger partial charge in [-0.25, -0.2) is 0 Å². The lowest BCUT2D eigenvalue weighted by molar-refractivity contribution is 1.34. The minimum atomic E-state index is 1.07. The first-order valence-corrected chi connectivity index (χ1v) is 8.46. The fourth-order valence-electron chi connectivity index (χ4n) is 1.11. The number of rotatable bonds is 2. The van der Waals surface area contributed by atoms with Gasteiger partial charge in [-0.05, 0) is 38.8 Å². The van der Waals surface area contributed by atoms with Gasteiger partial charge in [0.1, 0.15) is 0 Å². The van der Waals surface area contributed by atoms with Crippen LogP contribution in [0.3, 0.4) is 0 Å². The van der Waals surface area contributed by atoms with Gasteiger partial charge in [-0.2, -0.15) is 0 Å². The van der Waals surface area contributed by atoms with E-state index in [4.69, 9.17) is 0 Å². The van der Waals surface area contributed by atoms with Crippen molar-refractivity contribution >= 4 is 0 Å². The summed E-state index contributed by atoms with van der Waals surface area (Å²) in [5.74, 6) is 0. The molecule has 0 spiro atoms. The number of allylic oxidation sites excluding steroid dienone is 4. The highest BCUT2D eigenvalue weighted by Gasteiger charge is 1.83. The van der Waals surface area contributed by atoms with Crippen molar-refractivity contribution in [3.8, 4) is 0 Å². The maximum absolute atomic E-state index is 3.72. The molecule has 0 nitrogen and oxygen atoms in total. The third kappa shape index (κ3) is 23.5. The van der Waals surface area contributed by atoms with E-state index >= 15 is 0 Å². The van der Waals surface area contributed by atoms with E-state index in [9.17, 15) is 0 Å². The quantitative estimate of drug-likeness (QED) is 0.484. The molecule has 1 aromatic carbocycles. The first-order valence-electron chi connectivity index (χ1n) is 8.46. The van der Waals surface area contributed by atoms with Crippen LogP contribution in [-0.4, -0.2) is 0 Å². The zero-order chi connectivity index (χ0) is 18.6. The van der Waals surface area contributed by atoms with Gasteiger partial charge in [0.2, 0.25) is 0 Å². The summed E-state index contributed by atoms with van der Waals surface area (Å²) in [4.78, 5) is 0. The number of benzene rings is 1. The maximum atomic E-state index is 3.72. The highest BCUT2D eigenvalue weighted by atomic mass is 13.9. The fraction of sp³-hybridized carbons (Fsp3) is 0.455. The molecular weight excluding hydrogens is 264 g/mol. The molecule has 0 radical (unpaired) electrons. The summed E-state index contributed by atoms with van der Waals surface area (Å²) < 4.78 is 0. The Kier molecular flexibility index (Phi) is 31.8. The Bertz CT molecular complexity index is 360. The van der Waals surface area contributed by atoms with E-state index < -0.39 is 0 Å². The number of hydrogen-bond donors (Lipinski definition) is 0. The second-order valence-electron chi connectivity index (χ2n) is 4.02. The summed E-state index contributed by atoms with van der Waals surface area (Å²) in [5.41, 5.74) is 4.97. The van der Waals surface area contributed by atoms with E-state index in [-0.39, 0.29) is 0 Å². The lowest BCUT2D eigenvalue weighted by Crippen LogP contribution is -1.74. The van der Waals surface area contributed by atoms with Crippen LogP contribution >= 0.6 is 0 Å². The smallest absolute Gasteiger partial charge is 0.0395 e. The molecule has 0 fully saturated rings. The molecule has 0 aliphatic carbocycles. The summed E-state index contributed by atoms with van der Waals surface area (Å²) in [6.45, 7) is 27.5. The Hall–Kier alpha value is -1.56. The van der Waals surface area contributed by atoms with Crippen LogP contribution in [0, 0.1) is 13.8 Å². The highest BCUT2D eigenvalue weighted by molar-refractivity contribution is 5.24. The topological polar surface area (TPSA) is 0 Å². The van der Waals surface area contributed by atoms with Gasteiger partial charge in [0.25, 0.3) is 0 Å². The van der Waals surface area contributed by atoms with Gasteiger partial charge in [0.05, 0.1) is 0 Å². The minimum Gasteiger partial charge on any atom is -0.0988 e. The average molecular weight is 305 g/mol. The Balaban J connectivity index is -0.000000110. The Morgan fingerprint density at radius 2 is 1.14 bits per heavy atom. The Morgan fingerprint density at radius 3 is 1.27 bits per heavy atom. The van der Waals surface area contributed by atoms with Crippen LogP contribution < -0.4 is 0 Å². The van der Waals surface area contributed by atoms with Crippen LogP contribution in [0.4, 0.5) is 0 Å². The van der Waals surface area contributed by atoms with E-state index in [1.807, 2.05) is 67.5 Å². The third-order valence-electron chi connectivity index (χ3n) is 2.22. The molecule has 0 saturated heterocycles. The van der Waals surface area contributed by atoms with Crippen LogP contribution in [0.1, 0.15) is 66.5 Å². The number of aryl methyl sites for hydroxylation is 2. The lowest BCUT2D eigenvalue weighted by atomic mass is 10.1. The molecule has 22 heavy (non-hydrogen) atoms. The van der Waals surface area contributed by atoms with Gasteiger partial charge in [0.15, 0.2) is 0 Å². The Labute approximate surface area is 141 Å². The molecular formula is C22H40. The second kappa shape index (κ2) is 24.5. The third-order valence-corrected chi connectivity index (χ3v) is 2.22. The largest absolute Gasteiger partial charge is 0.0988 e.